The second-order valence-corrected chi connectivity index (χ2v) is 10.4. The molecular formula is C27H30N4O5S. The van der Waals surface area contributed by atoms with Crippen molar-refractivity contribution in [3.05, 3.63) is 72.1 Å². The Morgan fingerprint density at radius 3 is 2.00 bits per heavy atom. The van der Waals surface area contributed by atoms with Gasteiger partial charge in [0.15, 0.2) is 0 Å². The Labute approximate surface area is 215 Å². The van der Waals surface area contributed by atoms with E-state index in [1.165, 1.54) is 0 Å². The molecule has 0 bridgehead atoms. The maximum Gasteiger partial charge on any atom is 0.261 e. The highest BCUT2D eigenvalue weighted by Crippen LogP contribution is 2.38. The number of carbonyl (C=O) groups is 2. The molecule has 2 aromatic carbocycles. The second-order valence-electron chi connectivity index (χ2n) is 8.90. The van der Waals surface area contributed by atoms with Gasteiger partial charge in [-0.05, 0) is 31.6 Å². The van der Waals surface area contributed by atoms with Crippen LogP contribution in [0.2, 0.25) is 0 Å². The number of hydrogen-bond donors (Lipinski definition) is 3. The third-order valence-corrected chi connectivity index (χ3v) is 6.16. The zero-order chi connectivity index (χ0) is 26.7. The zero-order valence-electron chi connectivity index (χ0n) is 21.0. The van der Waals surface area contributed by atoms with Gasteiger partial charge < -0.3 is 14.5 Å². The minimum absolute atomic E-state index is 0.339. The fourth-order valence-electron chi connectivity index (χ4n) is 4.69. The van der Waals surface area contributed by atoms with Crippen LogP contribution in [0.15, 0.2) is 60.9 Å². The van der Waals surface area contributed by atoms with Crippen LogP contribution >= 0.6 is 0 Å². The molecule has 0 unspecified atom stereocenters. The molecule has 3 N–H and O–H groups in total. The lowest BCUT2D eigenvalue weighted by Crippen LogP contribution is -2.22. The Hall–Kier alpha value is -3.73. The van der Waals surface area contributed by atoms with Crippen LogP contribution in [0, 0.1) is 0 Å². The molecule has 2 aromatic heterocycles. The number of imide groups is 1. The van der Waals surface area contributed by atoms with Crippen molar-refractivity contribution in [3.8, 4) is 0 Å². The first-order valence-electron chi connectivity index (χ1n) is 12.0. The van der Waals surface area contributed by atoms with Crippen LogP contribution in [0.5, 0.6) is 0 Å². The molecule has 2 amide bonds. The van der Waals surface area contributed by atoms with Crippen LogP contribution in [0.4, 0.5) is 0 Å². The quantitative estimate of drug-likeness (QED) is 0.195. The van der Waals surface area contributed by atoms with Crippen molar-refractivity contribution >= 4 is 54.9 Å². The van der Waals surface area contributed by atoms with E-state index in [1.807, 2.05) is 66.5 Å². The van der Waals surface area contributed by atoms with Crippen LogP contribution < -0.4 is 10.6 Å². The van der Waals surface area contributed by atoms with Gasteiger partial charge in [-0.25, -0.2) is 0 Å². The van der Waals surface area contributed by atoms with E-state index in [4.69, 9.17) is 4.55 Å². The number of carbonyl (C=O) groups excluding carboxylic acids is 2. The molecule has 37 heavy (non-hydrogen) atoms. The van der Waals surface area contributed by atoms with E-state index in [1.54, 1.807) is 0 Å². The molecule has 0 radical (unpaired) electrons. The van der Waals surface area contributed by atoms with Crippen LogP contribution in [0.25, 0.3) is 33.0 Å². The predicted octanol–water partition coefficient (Wildman–Crippen LogP) is 3.20. The maximum atomic E-state index is 13.0. The average Bonchev–Trinajstić information content (AvgIpc) is 3.46. The maximum absolute atomic E-state index is 13.0. The van der Waals surface area contributed by atoms with E-state index >= 15 is 0 Å². The Morgan fingerprint density at radius 1 is 0.892 bits per heavy atom. The lowest BCUT2D eigenvalue weighted by atomic mass is 9.95. The smallest absolute Gasteiger partial charge is 0.261 e. The monoisotopic (exact) mass is 522 g/mol. The van der Waals surface area contributed by atoms with Gasteiger partial charge in [-0.3, -0.25) is 19.5 Å². The summed E-state index contributed by atoms with van der Waals surface area (Å²) in [7, 11) is -1.71. The topological polar surface area (TPSA) is 122 Å². The number of hydrogen-bond acceptors (Lipinski definition) is 5. The summed E-state index contributed by atoms with van der Waals surface area (Å²) in [6.45, 7) is 4.81. The minimum Gasteiger partial charge on any atom is -0.350 e. The summed E-state index contributed by atoms with van der Waals surface area (Å²) in [5, 5.41) is 7.84. The summed E-state index contributed by atoms with van der Waals surface area (Å²) in [5.41, 5.74) is 4.57. The van der Waals surface area contributed by atoms with Crippen LogP contribution in [0.1, 0.15) is 24.5 Å². The third kappa shape index (κ3) is 5.66. The van der Waals surface area contributed by atoms with Gasteiger partial charge in [-0.1, -0.05) is 43.3 Å². The number of benzene rings is 2. The summed E-state index contributed by atoms with van der Waals surface area (Å²) in [5.74, 6) is -0.682. The fraction of sp³-hybridized carbons (Fsp3) is 0.259. The van der Waals surface area contributed by atoms with E-state index in [-0.39, 0.29) is 11.8 Å². The van der Waals surface area contributed by atoms with Gasteiger partial charge in [0.25, 0.3) is 21.9 Å². The molecule has 1 aliphatic rings. The molecule has 3 heterocycles. The largest absolute Gasteiger partial charge is 0.350 e. The zero-order valence-corrected chi connectivity index (χ0v) is 21.8. The van der Waals surface area contributed by atoms with Gasteiger partial charge >= 0.3 is 0 Å². The molecular weight excluding hydrogens is 492 g/mol. The molecule has 10 heteroatoms. The number of nitrogens with one attached hydrogen (secondary N) is 2. The van der Waals surface area contributed by atoms with Crippen LogP contribution in [0.3, 0.4) is 0 Å². The number of rotatable bonds is 7. The minimum atomic E-state index is -3.67. The molecule has 0 saturated heterocycles. The molecule has 0 aliphatic carbocycles. The van der Waals surface area contributed by atoms with Crippen molar-refractivity contribution in [1.82, 2.24) is 19.8 Å². The van der Waals surface area contributed by atoms with E-state index in [0.29, 0.717) is 17.4 Å². The van der Waals surface area contributed by atoms with Gasteiger partial charge in [0.1, 0.15) is 0 Å². The van der Waals surface area contributed by atoms with E-state index in [0.717, 1.165) is 59.0 Å². The summed E-state index contributed by atoms with van der Waals surface area (Å²) < 4.78 is 30.0. The van der Waals surface area contributed by atoms with Crippen molar-refractivity contribution < 1.29 is 22.6 Å². The molecule has 0 saturated carbocycles. The van der Waals surface area contributed by atoms with Crippen molar-refractivity contribution in [1.29, 1.82) is 0 Å². The molecule has 4 aromatic rings. The van der Waals surface area contributed by atoms with Gasteiger partial charge in [0.05, 0.1) is 17.4 Å². The van der Waals surface area contributed by atoms with Gasteiger partial charge in [-0.2, -0.15) is 8.42 Å². The summed E-state index contributed by atoms with van der Waals surface area (Å²) >= 11 is 0. The van der Waals surface area contributed by atoms with Crippen LogP contribution in [-0.2, 0) is 33.3 Å². The first-order chi connectivity index (χ1) is 17.6. The molecule has 194 valence electrons. The number of aryl methyl sites for hydroxylation is 2. The van der Waals surface area contributed by atoms with Crippen molar-refractivity contribution in [2.45, 2.75) is 19.9 Å². The van der Waals surface area contributed by atoms with Gasteiger partial charge in [0, 0.05) is 58.9 Å². The Morgan fingerprint density at radius 2 is 1.41 bits per heavy atom. The lowest BCUT2D eigenvalue weighted by Gasteiger charge is -2.05. The number of fused-ring (bicyclic) bond motifs is 2. The normalized spacial score (nSPS) is 13.8. The highest BCUT2D eigenvalue weighted by molar-refractivity contribution is 7.85. The standard InChI is InChI=1S/C26H26N4O2.CH4O3S/c1-3-27-13-8-14-30-16-20(18-10-5-7-12-22(18)30)24-23(25(31)28-26(24)32)19-15-29(2)21-11-6-4-9-17(19)21;1-5(2,3)4/h4-7,9-12,15-16,27H,3,8,13-14H2,1-2H3,(H,28,31,32);1H3,(H,2,3,4). The molecule has 9 nitrogen and oxygen atoms in total. The number of amides is 2. The van der Waals surface area contributed by atoms with Crippen molar-refractivity contribution in [3.63, 3.8) is 0 Å². The number of aromatic nitrogens is 2. The molecule has 5 rings (SSSR count). The van der Waals surface area contributed by atoms with E-state index < -0.39 is 10.1 Å². The van der Waals surface area contributed by atoms with E-state index in [9.17, 15) is 18.0 Å². The lowest BCUT2D eigenvalue weighted by molar-refractivity contribution is -0.122. The molecule has 0 spiro atoms. The third-order valence-electron chi connectivity index (χ3n) is 6.16. The first kappa shape index (κ1) is 26.3. The highest BCUT2D eigenvalue weighted by atomic mass is 32.2. The predicted molar refractivity (Wildman–Crippen MR) is 145 cm³/mol. The molecule has 0 atom stereocenters. The Bertz CT molecular complexity index is 1620. The van der Waals surface area contributed by atoms with Crippen molar-refractivity contribution in [2.24, 2.45) is 7.05 Å². The number of nitrogens with zero attached hydrogens (tertiary/aromatic N) is 2. The average molecular weight is 523 g/mol. The second kappa shape index (κ2) is 10.7. The Kier molecular flexibility index (Phi) is 7.63. The SMILES string of the molecule is CCNCCCn1cc(C2=C(c3cn(C)c4ccccc34)C(=O)NC2=O)c2ccccc21.CS(=O)(=O)O. The number of para-hydroxylation sites is 2. The first-order valence-corrected chi connectivity index (χ1v) is 13.8. The summed E-state index contributed by atoms with van der Waals surface area (Å²) in [6, 6.07) is 16.0. The molecule has 1 aliphatic heterocycles. The molecule has 0 fully saturated rings. The van der Waals surface area contributed by atoms with E-state index in [2.05, 4.69) is 28.2 Å². The van der Waals surface area contributed by atoms with Crippen LogP contribution in [-0.4, -0.2) is 53.3 Å². The Balaban J connectivity index is 0.000000586. The fourth-order valence-corrected chi connectivity index (χ4v) is 4.69. The summed E-state index contributed by atoms with van der Waals surface area (Å²) in [6.07, 6.45) is 5.66. The van der Waals surface area contributed by atoms with Crippen molar-refractivity contribution in [2.75, 3.05) is 19.3 Å². The van der Waals surface area contributed by atoms with Gasteiger partial charge in [-0.15, -0.1) is 0 Å². The highest BCUT2D eigenvalue weighted by Gasteiger charge is 2.35. The summed E-state index contributed by atoms with van der Waals surface area (Å²) in [4.78, 5) is 26.0. The van der Waals surface area contributed by atoms with Gasteiger partial charge in [0.2, 0.25) is 0 Å².